The number of nitrogens with zero attached hydrogens (tertiary/aromatic N) is 2. The Hall–Kier alpha value is -3.07. The van der Waals surface area contributed by atoms with Gasteiger partial charge < -0.3 is 10.2 Å². The molecule has 0 heterocycles. The van der Waals surface area contributed by atoms with Crippen LogP contribution in [0.4, 0.5) is 5.69 Å². The Morgan fingerprint density at radius 3 is 2.13 bits per heavy atom. The van der Waals surface area contributed by atoms with Gasteiger partial charge in [-0.25, -0.2) is 8.42 Å². The van der Waals surface area contributed by atoms with Crippen molar-refractivity contribution < 1.29 is 18.0 Å². The van der Waals surface area contributed by atoms with Crippen LogP contribution in [0, 0.1) is 6.92 Å². The van der Waals surface area contributed by atoms with Crippen LogP contribution >= 0.6 is 23.2 Å². The lowest BCUT2D eigenvalue weighted by Gasteiger charge is -2.33. The monoisotopic (exact) mass is 589 g/mol. The molecule has 3 aromatic carbocycles. The number of benzene rings is 3. The highest BCUT2D eigenvalue weighted by molar-refractivity contribution is 7.92. The van der Waals surface area contributed by atoms with Crippen molar-refractivity contribution in [3.63, 3.8) is 0 Å². The highest BCUT2D eigenvalue weighted by Crippen LogP contribution is 2.35. The largest absolute Gasteiger partial charge is 0.350 e. The van der Waals surface area contributed by atoms with Crippen LogP contribution in [0.2, 0.25) is 10.0 Å². The minimum atomic E-state index is -4.24. The van der Waals surface area contributed by atoms with E-state index in [2.05, 4.69) is 5.32 Å². The Morgan fingerprint density at radius 1 is 0.923 bits per heavy atom. The molecule has 0 bridgehead atoms. The number of rotatable bonds is 9. The van der Waals surface area contributed by atoms with Gasteiger partial charge >= 0.3 is 0 Å². The highest BCUT2D eigenvalue weighted by atomic mass is 35.5. The lowest BCUT2D eigenvalue weighted by atomic mass is 10.1. The Bertz CT molecular complexity index is 1420. The third-order valence-corrected chi connectivity index (χ3v) is 8.53. The molecule has 3 aromatic rings. The van der Waals surface area contributed by atoms with E-state index in [0.717, 1.165) is 15.4 Å². The molecule has 10 heteroatoms. The molecular formula is C29H33Cl2N3O4S. The van der Waals surface area contributed by atoms with Crippen LogP contribution in [0.3, 0.4) is 0 Å². The second-order valence-electron chi connectivity index (χ2n) is 10.3. The summed E-state index contributed by atoms with van der Waals surface area (Å²) in [4.78, 5) is 28.4. The van der Waals surface area contributed by atoms with Crippen LogP contribution in [-0.2, 0) is 26.2 Å². The molecule has 0 spiro atoms. The number of aryl methyl sites for hydroxylation is 1. The van der Waals surface area contributed by atoms with Crippen LogP contribution in [0.5, 0.6) is 0 Å². The quantitative estimate of drug-likeness (QED) is 0.340. The molecule has 0 saturated heterocycles. The predicted octanol–water partition coefficient (Wildman–Crippen LogP) is 5.83. The Kier molecular flexibility index (Phi) is 9.69. The second kappa shape index (κ2) is 12.4. The molecule has 0 aromatic heterocycles. The van der Waals surface area contributed by atoms with E-state index >= 15 is 0 Å². The van der Waals surface area contributed by atoms with Crippen LogP contribution < -0.4 is 9.62 Å². The van der Waals surface area contributed by atoms with Crippen molar-refractivity contribution in [2.24, 2.45) is 0 Å². The van der Waals surface area contributed by atoms with Gasteiger partial charge in [-0.05, 0) is 64.4 Å². The third-order valence-electron chi connectivity index (χ3n) is 5.95. The van der Waals surface area contributed by atoms with Crippen molar-refractivity contribution in [2.45, 2.75) is 57.6 Å². The van der Waals surface area contributed by atoms with Crippen molar-refractivity contribution >= 4 is 50.7 Å². The van der Waals surface area contributed by atoms with Crippen molar-refractivity contribution in [1.82, 2.24) is 10.2 Å². The molecule has 39 heavy (non-hydrogen) atoms. The van der Waals surface area contributed by atoms with E-state index in [-0.39, 0.29) is 33.1 Å². The summed E-state index contributed by atoms with van der Waals surface area (Å²) in [6.45, 7) is 8.49. The van der Waals surface area contributed by atoms with E-state index in [0.29, 0.717) is 0 Å². The summed E-state index contributed by atoms with van der Waals surface area (Å²) in [6.07, 6.45) is 0. The molecule has 0 aliphatic heterocycles. The first-order valence-corrected chi connectivity index (χ1v) is 14.6. The van der Waals surface area contributed by atoms with Crippen LogP contribution in [0.25, 0.3) is 0 Å². The maximum atomic E-state index is 13.9. The van der Waals surface area contributed by atoms with Gasteiger partial charge in [0.1, 0.15) is 12.6 Å². The van der Waals surface area contributed by atoms with Crippen molar-refractivity contribution in [2.75, 3.05) is 10.8 Å². The van der Waals surface area contributed by atoms with Gasteiger partial charge in [-0.1, -0.05) is 77.3 Å². The van der Waals surface area contributed by atoms with Crippen LogP contribution in [0.1, 0.15) is 38.8 Å². The van der Waals surface area contributed by atoms with E-state index in [4.69, 9.17) is 23.2 Å². The summed E-state index contributed by atoms with van der Waals surface area (Å²) in [6, 6.07) is 19.2. The van der Waals surface area contributed by atoms with Gasteiger partial charge in [-0.2, -0.15) is 0 Å². The van der Waals surface area contributed by atoms with E-state index in [1.54, 1.807) is 25.1 Å². The molecule has 0 aliphatic rings. The fourth-order valence-electron chi connectivity index (χ4n) is 3.87. The molecule has 1 atom stereocenters. The normalized spacial score (nSPS) is 12.5. The van der Waals surface area contributed by atoms with Gasteiger partial charge in [-0.15, -0.1) is 0 Å². The average molecular weight is 591 g/mol. The lowest BCUT2D eigenvalue weighted by Crippen LogP contribution is -2.54. The van der Waals surface area contributed by atoms with E-state index in [1.807, 2.05) is 58.0 Å². The standard InChI is InChI=1S/C29H33Cl2N3O4S/c1-20-14-16-23(17-15-20)39(37,38)34(25-13-9-12-24(30)27(25)31)19-26(35)33(18-22-10-7-6-8-11-22)21(2)28(36)32-29(3,4)5/h6-17,21H,18-19H2,1-5H3,(H,32,36)/t21-/m1/s1. The number of hydrogen-bond donors (Lipinski definition) is 1. The Morgan fingerprint density at radius 2 is 1.54 bits per heavy atom. The van der Waals surface area contributed by atoms with Gasteiger partial charge in [0, 0.05) is 12.1 Å². The smallest absolute Gasteiger partial charge is 0.264 e. The molecule has 0 fully saturated rings. The number of amides is 2. The number of anilines is 1. The molecule has 208 valence electrons. The average Bonchev–Trinajstić information content (AvgIpc) is 2.87. The molecule has 1 N–H and O–H groups in total. The van der Waals surface area contributed by atoms with Gasteiger partial charge in [0.2, 0.25) is 11.8 Å². The number of carbonyl (C=O) groups is 2. The zero-order valence-corrected chi connectivity index (χ0v) is 24.9. The van der Waals surface area contributed by atoms with E-state index in [9.17, 15) is 18.0 Å². The van der Waals surface area contributed by atoms with Crippen molar-refractivity contribution in [3.05, 3.63) is 94.0 Å². The lowest BCUT2D eigenvalue weighted by molar-refractivity contribution is -0.140. The van der Waals surface area contributed by atoms with Gasteiger partial charge in [0.15, 0.2) is 0 Å². The molecule has 7 nitrogen and oxygen atoms in total. The molecule has 0 unspecified atom stereocenters. The first-order valence-electron chi connectivity index (χ1n) is 12.4. The predicted molar refractivity (Wildman–Crippen MR) is 157 cm³/mol. The molecular weight excluding hydrogens is 557 g/mol. The molecule has 2 amide bonds. The number of hydrogen-bond acceptors (Lipinski definition) is 4. The zero-order chi connectivity index (χ0) is 29.0. The topological polar surface area (TPSA) is 86.8 Å². The summed E-state index contributed by atoms with van der Waals surface area (Å²) in [5, 5.41) is 3.04. The number of carbonyl (C=O) groups excluding carboxylic acids is 2. The zero-order valence-electron chi connectivity index (χ0n) is 22.6. The maximum Gasteiger partial charge on any atom is 0.264 e. The summed E-state index contributed by atoms with van der Waals surface area (Å²) in [5.74, 6) is -0.942. The van der Waals surface area contributed by atoms with E-state index in [1.165, 1.54) is 29.2 Å². The van der Waals surface area contributed by atoms with Crippen LogP contribution in [-0.4, -0.2) is 43.3 Å². The van der Waals surface area contributed by atoms with Gasteiger partial charge in [0.25, 0.3) is 10.0 Å². The number of sulfonamides is 1. The molecule has 3 rings (SSSR count). The Labute approximate surface area is 240 Å². The first kappa shape index (κ1) is 30.5. The molecule has 0 saturated carbocycles. The molecule has 0 radical (unpaired) electrons. The maximum absolute atomic E-state index is 13.9. The summed E-state index contributed by atoms with van der Waals surface area (Å²) in [7, 11) is -4.24. The van der Waals surface area contributed by atoms with Crippen molar-refractivity contribution in [1.29, 1.82) is 0 Å². The van der Waals surface area contributed by atoms with E-state index < -0.39 is 34.1 Å². The minimum Gasteiger partial charge on any atom is -0.350 e. The minimum absolute atomic E-state index is 0.00390. The molecule has 0 aliphatic carbocycles. The van der Waals surface area contributed by atoms with Gasteiger partial charge in [-0.3, -0.25) is 13.9 Å². The number of halogens is 2. The first-order chi connectivity index (χ1) is 18.2. The fourth-order valence-corrected chi connectivity index (χ4v) is 5.75. The summed E-state index contributed by atoms with van der Waals surface area (Å²) < 4.78 is 28.7. The number of nitrogens with one attached hydrogen (secondary N) is 1. The summed E-state index contributed by atoms with van der Waals surface area (Å²) in [5.41, 5.74) is 1.20. The fraction of sp³-hybridized carbons (Fsp3) is 0.310. The van der Waals surface area contributed by atoms with Gasteiger partial charge in [0.05, 0.1) is 20.6 Å². The van der Waals surface area contributed by atoms with Crippen molar-refractivity contribution in [3.8, 4) is 0 Å². The van der Waals surface area contributed by atoms with Crippen LogP contribution in [0.15, 0.2) is 77.7 Å². The highest BCUT2D eigenvalue weighted by Gasteiger charge is 2.34. The third kappa shape index (κ3) is 7.75. The summed E-state index contributed by atoms with van der Waals surface area (Å²) >= 11 is 12.7. The Balaban J connectivity index is 2.07. The SMILES string of the molecule is Cc1ccc(S(=O)(=O)N(CC(=O)N(Cc2ccccc2)[C@H](C)C(=O)NC(C)(C)C)c2cccc(Cl)c2Cl)cc1. The second-order valence-corrected chi connectivity index (χ2v) is 13.0.